The molecule has 9 nitrogen and oxygen atoms in total. The SMILES string of the molecule is CCOc1cc(/C=C(\C#N)C(=O)Nc2cccnc2)ccc1OCC(=O)N1CCOCC1. The third-order valence-corrected chi connectivity index (χ3v) is 4.58. The van der Waals surface area contributed by atoms with Gasteiger partial charge in [-0.3, -0.25) is 14.6 Å². The molecule has 0 bridgehead atoms. The van der Waals surface area contributed by atoms with Crippen LogP contribution in [0.2, 0.25) is 0 Å². The lowest BCUT2D eigenvalue weighted by molar-refractivity contribution is -0.137. The lowest BCUT2D eigenvalue weighted by Crippen LogP contribution is -2.43. The third kappa shape index (κ3) is 6.30. The molecular formula is C23H24N4O5. The number of ether oxygens (including phenoxy) is 3. The van der Waals surface area contributed by atoms with E-state index in [1.165, 1.54) is 12.3 Å². The molecule has 0 spiro atoms. The predicted octanol–water partition coefficient (Wildman–Crippen LogP) is 2.26. The lowest BCUT2D eigenvalue weighted by Gasteiger charge is -2.26. The second kappa shape index (κ2) is 11.5. The predicted molar refractivity (Wildman–Crippen MR) is 117 cm³/mol. The average molecular weight is 436 g/mol. The van der Waals surface area contributed by atoms with Crippen LogP contribution in [0.3, 0.4) is 0 Å². The molecule has 0 radical (unpaired) electrons. The van der Waals surface area contributed by atoms with Crippen LogP contribution >= 0.6 is 0 Å². The van der Waals surface area contributed by atoms with E-state index in [2.05, 4.69) is 10.3 Å². The van der Waals surface area contributed by atoms with E-state index >= 15 is 0 Å². The molecule has 0 aliphatic carbocycles. The molecule has 3 rings (SSSR count). The van der Waals surface area contributed by atoms with Gasteiger partial charge in [-0.05, 0) is 42.8 Å². The van der Waals surface area contributed by atoms with Gasteiger partial charge in [0, 0.05) is 19.3 Å². The number of morpholine rings is 1. The van der Waals surface area contributed by atoms with Crippen LogP contribution in [-0.2, 0) is 14.3 Å². The number of nitrogens with one attached hydrogen (secondary N) is 1. The number of amides is 2. The number of carbonyl (C=O) groups excluding carboxylic acids is 2. The number of rotatable bonds is 8. The highest BCUT2D eigenvalue weighted by Crippen LogP contribution is 2.29. The number of aromatic nitrogens is 1. The van der Waals surface area contributed by atoms with Gasteiger partial charge in [0.25, 0.3) is 11.8 Å². The van der Waals surface area contributed by atoms with Crippen molar-refractivity contribution in [1.29, 1.82) is 5.26 Å². The summed E-state index contributed by atoms with van der Waals surface area (Å²) in [6, 6.07) is 10.3. The van der Waals surface area contributed by atoms with Gasteiger partial charge in [0.05, 0.1) is 31.7 Å². The van der Waals surface area contributed by atoms with Gasteiger partial charge in [0.1, 0.15) is 11.6 Å². The van der Waals surface area contributed by atoms with E-state index in [0.717, 1.165) is 0 Å². The first-order valence-electron chi connectivity index (χ1n) is 10.2. The van der Waals surface area contributed by atoms with E-state index < -0.39 is 5.91 Å². The quantitative estimate of drug-likeness (QED) is 0.499. The minimum atomic E-state index is -0.546. The van der Waals surface area contributed by atoms with Crippen LogP contribution in [-0.4, -0.2) is 61.2 Å². The van der Waals surface area contributed by atoms with E-state index in [1.807, 2.05) is 13.0 Å². The molecule has 9 heteroatoms. The van der Waals surface area contributed by atoms with Crippen molar-refractivity contribution in [3.63, 3.8) is 0 Å². The van der Waals surface area contributed by atoms with Gasteiger partial charge in [-0.25, -0.2) is 0 Å². The molecule has 1 saturated heterocycles. The summed E-state index contributed by atoms with van der Waals surface area (Å²) in [7, 11) is 0. The maximum atomic E-state index is 12.4. The number of carbonyl (C=O) groups is 2. The number of pyridine rings is 1. The van der Waals surface area contributed by atoms with Gasteiger partial charge in [0.15, 0.2) is 18.1 Å². The van der Waals surface area contributed by atoms with Gasteiger partial charge < -0.3 is 24.4 Å². The van der Waals surface area contributed by atoms with Crippen LogP contribution in [0.4, 0.5) is 5.69 Å². The largest absolute Gasteiger partial charge is 0.490 e. The third-order valence-electron chi connectivity index (χ3n) is 4.58. The minimum Gasteiger partial charge on any atom is -0.490 e. The van der Waals surface area contributed by atoms with Crippen molar-refractivity contribution in [2.24, 2.45) is 0 Å². The van der Waals surface area contributed by atoms with Crippen LogP contribution in [0.1, 0.15) is 12.5 Å². The molecule has 1 N–H and O–H groups in total. The molecule has 0 saturated carbocycles. The van der Waals surface area contributed by atoms with Crippen molar-refractivity contribution >= 4 is 23.6 Å². The fraction of sp³-hybridized carbons (Fsp3) is 0.304. The zero-order valence-electron chi connectivity index (χ0n) is 17.7. The summed E-state index contributed by atoms with van der Waals surface area (Å²) in [5.74, 6) is 0.151. The van der Waals surface area contributed by atoms with Crippen molar-refractivity contribution in [2.45, 2.75) is 6.92 Å². The summed E-state index contributed by atoms with van der Waals surface area (Å²) in [5, 5.41) is 12.1. The fourth-order valence-corrected chi connectivity index (χ4v) is 3.00. The monoisotopic (exact) mass is 436 g/mol. The molecule has 1 fully saturated rings. The van der Waals surface area contributed by atoms with Crippen LogP contribution in [0.5, 0.6) is 11.5 Å². The second-order valence-corrected chi connectivity index (χ2v) is 6.79. The summed E-state index contributed by atoms with van der Waals surface area (Å²) in [6.07, 6.45) is 4.53. The molecule has 1 aromatic carbocycles. The van der Waals surface area contributed by atoms with Gasteiger partial charge in [0.2, 0.25) is 0 Å². The van der Waals surface area contributed by atoms with E-state index in [-0.39, 0.29) is 18.1 Å². The smallest absolute Gasteiger partial charge is 0.266 e. The van der Waals surface area contributed by atoms with Crippen LogP contribution in [0.15, 0.2) is 48.3 Å². The summed E-state index contributed by atoms with van der Waals surface area (Å²) in [6.45, 7) is 4.22. The summed E-state index contributed by atoms with van der Waals surface area (Å²) in [4.78, 5) is 30.4. The number of nitrogens with zero attached hydrogens (tertiary/aromatic N) is 3. The maximum Gasteiger partial charge on any atom is 0.266 e. The van der Waals surface area contributed by atoms with Gasteiger partial charge in [-0.15, -0.1) is 0 Å². The Hall–Kier alpha value is -3.90. The fourth-order valence-electron chi connectivity index (χ4n) is 3.00. The average Bonchev–Trinajstić information content (AvgIpc) is 2.83. The summed E-state index contributed by atoms with van der Waals surface area (Å²) in [5.41, 5.74) is 0.994. The van der Waals surface area contributed by atoms with E-state index in [4.69, 9.17) is 14.2 Å². The van der Waals surface area contributed by atoms with Crippen molar-refractivity contribution < 1.29 is 23.8 Å². The molecule has 2 heterocycles. The Morgan fingerprint density at radius 3 is 2.75 bits per heavy atom. The molecule has 1 aliphatic rings. The van der Waals surface area contributed by atoms with Crippen LogP contribution in [0.25, 0.3) is 6.08 Å². The Labute approximate surface area is 186 Å². The maximum absolute atomic E-state index is 12.4. The first-order valence-corrected chi connectivity index (χ1v) is 10.2. The Balaban J connectivity index is 1.71. The van der Waals surface area contributed by atoms with Crippen molar-refractivity contribution in [3.05, 3.63) is 53.9 Å². The number of hydrogen-bond acceptors (Lipinski definition) is 7. The molecule has 32 heavy (non-hydrogen) atoms. The zero-order valence-corrected chi connectivity index (χ0v) is 17.7. The molecule has 166 valence electrons. The Kier molecular flexibility index (Phi) is 8.17. The van der Waals surface area contributed by atoms with Crippen molar-refractivity contribution in [2.75, 3.05) is 44.8 Å². The number of benzene rings is 1. The number of anilines is 1. The standard InChI is InChI=1S/C23H24N4O5/c1-2-31-21-13-17(12-18(14-24)23(29)26-19-4-3-7-25-15-19)5-6-20(21)32-16-22(28)27-8-10-30-11-9-27/h3-7,12-13,15H,2,8-11,16H2,1H3,(H,26,29)/b18-12+. The van der Waals surface area contributed by atoms with Gasteiger partial charge >= 0.3 is 0 Å². The topological polar surface area (TPSA) is 114 Å². The second-order valence-electron chi connectivity index (χ2n) is 6.79. The summed E-state index contributed by atoms with van der Waals surface area (Å²) < 4.78 is 16.6. The van der Waals surface area contributed by atoms with E-state index in [1.54, 1.807) is 41.4 Å². The van der Waals surface area contributed by atoms with Gasteiger partial charge in [-0.2, -0.15) is 5.26 Å². The first-order chi connectivity index (χ1) is 15.6. The van der Waals surface area contributed by atoms with Crippen molar-refractivity contribution in [3.8, 4) is 17.6 Å². The lowest BCUT2D eigenvalue weighted by atomic mass is 10.1. The summed E-state index contributed by atoms with van der Waals surface area (Å²) >= 11 is 0. The zero-order chi connectivity index (χ0) is 22.8. The highest BCUT2D eigenvalue weighted by atomic mass is 16.5. The Morgan fingerprint density at radius 1 is 1.25 bits per heavy atom. The minimum absolute atomic E-state index is 0.0764. The molecule has 1 aliphatic heterocycles. The van der Waals surface area contributed by atoms with Crippen LogP contribution < -0.4 is 14.8 Å². The van der Waals surface area contributed by atoms with E-state index in [9.17, 15) is 14.9 Å². The van der Waals surface area contributed by atoms with Crippen LogP contribution in [0, 0.1) is 11.3 Å². The molecular weight excluding hydrogens is 412 g/mol. The number of hydrogen-bond donors (Lipinski definition) is 1. The highest BCUT2D eigenvalue weighted by Gasteiger charge is 2.18. The van der Waals surface area contributed by atoms with Crippen molar-refractivity contribution in [1.82, 2.24) is 9.88 Å². The van der Waals surface area contributed by atoms with E-state index in [0.29, 0.717) is 55.7 Å². The highest BCUT2D eigenvalue weighted by molar-refractivity contribution is 6.09. The normalized spacial score (nSPS) is 13.8. The molecule has 0 unspecified atom stereocenters. The molecule has 2 aromatic rings. The Morgan fingerprint density at radius 2 is 2.06 bits per heavy atom. The van der Waals surface area contributed by atoms with Gasteiger partial charge in [-0.1, -0.05) is 6.07 Å². The number of nitriles is 1. The molecule has 2 amide bonds. The Bertz CT molecular complexity index is 1010. The molecule has 0 atom stereocenters. The first kappa shape index (κ1) is 22.8. The molecule has 1 aromatic heterocycles.